The lowest BCUT2D eigenvalue weighted by Gasteiger charge is -2.41. The molecule has 0 bridgehead atoms. The number of hydrogen-bond acceptors (Lipinski definition) is 9. The first-order valence-corrected chi connectivity index (χ1v) is 15.3. The summed E-state index contributed by atoms with van der Waals surface area (Å²) in [6, 6.07) is 12.9. The number of pyridine rings is 1. The van der Waals surface area contributed by atoms with E-state index in [1.54, 1.807) is 23.1 Å². The minimum absolute atomic E-state index is 0.0485. The van der Waals surface area contributed by atoms with E-state index in [1.165, 1.54) is 35.4 Å². The van der Waals surface area contributed by atoms with Crippen molar-refractivity contribution in [2.45, 2.75) is 31.3 Å². The highest BCUT2D eigenvalue weighted by Crippen LogP contribution is 2.38. The SMILES string of the molecule is CN1CCCC1COc1nc(N2CCN(C(=O)/C(F)=C/c3ccccn3)C(CC#N)C2)c2ccc(-c3c(O)cccc3F)c(F)c2n1. The largest absolute Gasteiger partial charge is 0.507 e. The van der Waals surface area contributed by atoms with E-state index in [0.717, 1.165) is 31.5 Å². The molecule has 0 radical (unpaired) electrons. The predicted octanol–water partition coefficient (Wildman–Crippen LogP) is 5.09. The number of phenols is 1. The number of phenolic OH excluding ortho intramolecular Hbond substituents is 1. The number of nitrogens with zero attached hydrogens (tertiary/aromatic N) is 7. The van der Waals surface area contributed by atoms with Gasteiger partial charge in [0.1, 0.15) is 29.5 Å². The van der Waals surface area contributed by atoms with E-state index < -0.39 is 35.2 Å². The van der Waals surface area contributed by atoms with Crippen LogP contribution in [-0.4, -0.2) is 87.7 Å². The molecule has 0 aliphatic carbocycles. The van der Waals surface area contributed by atoms with Crippen molar-refractivity contribution >= 4 is 28.7 Å². The molecule has 2 aromatic carbocycles. The van der Waals surface area contributed by atoms with Crippen LogP contribution < -0.4 is 9.64 Å². The van der Waals surface area contributed by atoms with Gasteiger partial charge in [-0.25, -0.2) is 13.2 Å². The molecule has 13 heteroatoms. The fourth-order valence-corrected chi connectivity index (χ4v) is 6.15. The van der Waals surface area contributed by atoms with E-state index in [0.29, 0.717) is 0 Å². The maximum Gasteiger partial charge on any atom is 0.319 e. The average Bonchev–Trinajstić information content (AvgIpc) is 3.49. The maximum atomic E-state index is 16.3. The van der Waals surface area contributed by atoms with Crippen molar-refractivity contribution in [2.75, 3.05) is 44.7 Å². The molecule has 4 heterocycles. The molecule has 47 heavy (non-hydrogen) atoms. The Morgan fingerprint density at radius 2 is 1.96 bits per heavy atom. The minimum Gasteiger partial charge on any atom is -0.507 e. The van der Waals surface area contributed by atoms with Gasteiger partial charge in [0, 0.05) is 48.9 Å². The summed E-state index contributed by atoms with van der Waals surface area (Å²) in [4.78, 5) is 31.5. The predicted molar refractivity (Wildman–Crippen MR) is 169 cm³/mol. The van der Waals surface area contributed by atoms with Crippen LogP contribution in [0.15, 0.2) is 60.6 Å². The summed E-state index contributed by atoms with van der Waals surface area (Å²) in [7, 11) is 1.99. The number of fused-ring (bicyclic) bond motifs is 1. The molecule has 6 rings (SSSR count). The highest BCUT2D eigenvalue weighted by Gasteiger charge is 2.34. The van der Waals surface area contributed by atoms with Crippen LogP contribution in [-0.2, 0) is 4.79 Å². The minimum atomic E-state index is -1.01. The molecule has 4 aromatic rings. The zero-order valence-electron chi connectivity index (χ0n) is 25.6. The van der Waals surface area contributed by atoms with Gasteiger partial charge >= 0.3 is 6.01 Å². The van der Waals surface area contributed by atoms with Crippen LogP contribution in [0.25, 0.3) is 28.1 Å². The zero-order chi connectivity index (χ0) is 33.1. The van der Waals surface area contributed by atoms with Gasteiger partial charge in [0.25, 0.3) is 5.91 Å². The highest BCUT2D eigenvalue weighted by atomic mass is 19.1. The molecule has 2 aliphatic heterocycles. The number of rotatable bonds is 8. The van der Waals surface area contributed by atoms with Crippen LogP contribution in [0.1, 0.15) is 25.0 Å². The summed E-state index contributed by atoms with van der Waals surface area (Å²) in [6.45, 7) is 1.50. The average molecular weight is 644 g/mol. The number of halogens is 3. The molecule has 0 saturated carbocycles. The van der Waals surface area contributed by atoms with E-state index in [-0.39, 0.29) is 78.3 Å². The molecule has 10 nitrogen and oxygen atoms in total. The number of anilines is 1. The van der Waals surface area contributed by atoms with E-state index in [1.807, 2.05) is 7.05 Å². The quantitative estimate of drug-likeness (QED) is 0.262. The van der Waals surface area contributed by atoms with Gasteiger partial charge < -0.3 is 24.5 Å². The lowest BCUT2D eigenvalue weighted by molar-refractivity contribution is -0.131. The second-order valence-corrected chi connectivity index (χ2v) is 11.6. The number of benzene rings is 2. The Kier molecular flexibility index (Phi) is 9.22. The molecule has 2 atom stereocenters. The number of piperazine rings is 1. The van der Waals surface area contributed by atoms with Crippen LogP contribution >= 0.6 is 0 Å². The van der Waals surface area contributed by atoms with E-state index in [2.05, 4.69) is 25.9 Å². The lowest BCUT2D eigenvalue weighted by atomic mass is 10.0. The summed E-state index contributed by atoms with van der Waals surface area (Å²) < 4.78 is 52.2. The summed E-state index contributed by atoms with van der Waals surface area (Å²) in [5, 5.41) is 20.3. The first-order chi connectivity index (χ1) is 22.7. The molecule has 242 valence electrons. The van der Waals surface area contributed by atoms with Gasteiger partial charge in [-0.05, 0) is 56.8 Å². The Balaban J connectivity index is 1.36. The van der Waals surface area contributed by atoms with E-state index in [4.69, 9.17) is 4.74 Å². The maximum absolute atomic E-state index is 16.3. The number of nitriles is 1. The molecule has 2 fully saturated rings. The Morgan fingerprint density at radius 3 is 2.68 bits per heavy atom. The Hall–Kier alpha value is -5.22. The summed E-state index contributed by atoms with van der Waals surface area (Å²) >= 11 is 0. The second kappa shape index (κ2) is 13.6. The summed E-state index contributed by atoms with van der Waals surface area (Å²) in [5.74, 6) is -3.70. The zero-order valence-corrected chi connectivity index (χ0v) is 25.6. The number of likely N-dealkylation sites (N-methyl/N-ethyl adjacent to an activating group) is 1. The molecule has 1 amide bonds. The fourth-order valence-electron chi connectivity index (χ4n) is 6.15. The van der Waals surface area contributed by atoms with Gasteiger partial charge in [-0.1, -0.05) is 18.2 Å². The first kappa shape index (κ1) is 31.7. The third-order valence-corrected chi connectivity index (χ3v) is 8.64. The lowest BCUT2D eigenvalue weighted by Crippen LogP contribution is -2.55. The van der Waals surface area contributed by atoms with Crippen molar-refractivity contribution in [1.29, 1.82) is 5.26 Å². The Morgan fingerprint density at radius 1 is 1.11 bits per heavy atom. The molecular weight excluding hydrogens is 611 g/mol. The fraction of sp³-hybridized carbons (Fsp3) is 0.324. The van der Waals surface area contributed by atoms with Gasteiger partial charge in [0.05, 0.1) is 29.8 Å². The molecule has 2 unspecified atom stereocenters. The molecule has 2 aliphatic rings. The summed E-state index contributed by atoms with van der Waals surface area (Å²) in [5.41, 5.74) is -0.358. The third-order valence-electron chi connectivity index (χ3n) is 8.64. The first-order valence-electron chi connectivity index (χ1n) is 15.3. The Labute approximate surface area is 269 Å². The second-order valence-electron chi connectivity index (χ2n) is 11.6. The number of carbonyl (C=O) groups is 1. The van der Waals surface area contributed by atoms with Crippen LogP contribution in [0.3, 0.4) is 0 Å². The number of ether oxygens (including phenoxy) is 1. The topological polar surface area (TPSA) is 119 Å². The monoisotopic (exact) mass is 643 g/mol. The molecular formula is C34H32F3N7O3. The number of hydrogen-bond donors (Lipinski definition) is 1. The van der Waals surface area contributed by atoms with Crippen molar-refractivity contribution in [3.63, 3.8) is 0 Å². The molecule has 2 saturated heterocycles. The number of amides is 1. The number of carbonyl (C=O) groups excluding carboxylic acids is 1. The van der Waals surface area contributed by atoms with Gasteiger partial charge in [0.2, 0.25) is 0 Å². The third kappa shape index (κ3) is 6.55. The normalized spacial score (nSPS) is 18.8. The van der Waals surface area contributed by atoms with Crippen LogP contribution in [0.2, 0.25) is 0 Å². The smallest absolute Gasteiger partial charge is 0.319 e. The summed E-state index contributed by atoms with van der Waals surface area (Å²) in [6.07, 6.45) is 4.38. The van der Waals surface area contributed by atoms with E-state index in [9.17, 15) is 19.6 Å². The van der Waals surface area contributed by atoms with Crippen molar-refractivity contribution < 1.29 is 27.8 Å². The highest BCUT2D eigenvalue weighted by molar-refractivity contribution is 5.96. The van der Waals surface area contributed by atoms with Crippen molar-refractivity contribution in [2.24, 2.45) is 0 Å². The Bertz CT molecular complexity index is 1850. The van der Waals surface area contributed by atoms with Crippen molar-refractivity contribution in [3.05, 3.63) is 77.9 Å². The van der Waals surface area contributed by atoms with Crippen LogP contribution in [0.4, 0.5) is 19.0 Å². The van der Waals surface area contributed by atoms with Gasteiger partial charge in [-0.15, -0.1) is 0 Å². The van der Waals surface area contributed by atoms with Crippen LogP contribution in [0, 0.1) is 23.0 Å². The number of aromatic hydroxyl groups is 1. The number of likely N-dealkylation sites (tertiary alicyclic amines) is 1. The molecule has 2 aromatic heterocycles. The standard InChI is InChI=1S/C34H32F3N7O3/c1-42-15-5-7-23(42)20-47-34-40-31-25(11-10-24(30(31)37)29-26(35)8-4-9-28(29)45)32(41-34)43-16-17-44(22(19-43)12-13-38)33(46)27(36)18-21-6-2-3-14-39-21/h2-4,6,8-11,14,18,22-23,45H,5,7,12,15-17,19-20H2,1H3/b27-18-. The van der Waals surface area contributed by atoms with Gasteiger partial charge in [0.15, 0.2) is 11.6 Å². The molecule has 0 spiro atoms. The van der Waals surface area contributed by atoms with Crippen molar-refractivity contribution in [1.82, 2.24) is 24.8 Å². The van der Waals surface area contributed by atoms with E-state index >= 15 is 8.78 Å². The molecule has 1 N–H and O–H groups in total. The number of aromatic nitrogens is 3. The van der Waals surface area contributed by atoms with Gasteiger partial charge in [-0.3, -0.25) is 9.78 Å². The van der Waals surface area contributed by atoms with Gasteiger partial charge in [-0.2, -0.15) is 15.2 Å². The van der Waals surface area contributed by atoms with Crippen molar-refractivity contribution in [3.8, 4) is 29.0 Å². The van der Waals surface area contributed by atoms with Crippen LogP contribution in [0.5, 0.6) is 11.8 Å².